The Morgan fingerprint density at radius 1 is 1.30 bits per heavy atom. The van der Waals surface area contributed by atoms with Gasteiger partial charge in [-0.1, -0.05) is 13.8 Å². The van der Waals surface area contributed by atoms with E-state index in [4.69, 9.17) is 0 Å². The molecule has 1 atom stereocenters. The second-order valence-corrected chi connectivity index (χ2v) is 5.24. The molecule has 0 saturated heterocycles. The average molecular weight is 390 g/mol. The van der Waals surface area contributed by atoms with Crippen molar-refractivity contribution in [3.05, 3.63) is 23.9 Å². The van der Waals surface area contributed by atoms with Crippen LogP contribution in [0.4, 0.5) is 5.82 Å². The molecule has 1 N–H and O–H groups in total. The van der Waals surface area contributed by atoms with E-state index < -0.39 is 0 Å². The molecular formula is C16H29IN3-. The zero-order chi connectivity index (χ0) is 14.1. The Morgan fingerprint density at radius 3 is 2.65 bits per heavy atom. The molecule has 0 aliphatic carbocycles. The largest absolute Gasteiger partial charge is 1.00 e. The van der Waals surface area contributed by atoms with Gasteiger partial charge in [0.1, 0.15) is 5.82 Å². The van der Waals surface area contributed by atoms with Crippen molar-refractivity contribution in [2.75, 3.05) is 25.0 Å². The zero-order valence-electron chi connectivity index (χ0n) is 13.3. The number of hydrogen-bond donors (Lipinski definition) is 1. The fourth-order valence-corrected chi connectivity index (χ4v) is 2.24. The molecule has 0 fully saturated rings. The number of unbranched alkanes of at least 4 members (excludes halogenated alkanes) is 1. The van der Waals surface area contributed by atoms with Crippen molar-refractivity contribution in [2.45, 2.75) is 53.0 Å². The predicted octanol–water partition coefficient (Wildman–Crippen LogP) is 0.707. The second-order valence-electron chi connectivity index (χ2n) is 5.24. The monoisotopic (exact) mass is 390 g/mol. The van der Waals surface area contributed by atoms with Gasteiger partial charge in [-0.25, -0.2) is 4.98 Å². The molecule has 0 amide bonds. The maximum Gasteiger partial charge on any atom is 0.126 e. The summed E-state index contributed by atoms with van der Waals surface area (Å²) in [5, 5.41) is 3.39. The first kappa shape index (κ1) is 19.6. The first-order valence-corrected chi connectivity index (χ1v) is 7.58. The van der Waals surface area contributed by atoms with Crippen LogP contribution in [0.3, 0.4) is 0 Å². The van der Waals surface area contributed by atoms with Gasteiger partial charge in [0.25, 0.3) is 0 Å². The summed E-state index contributed by atoms with van der Waals surface area (Å²) < 4.78 is 0. The lowest BCUT2D eigenvalue weighted by Gasteiger charge is -2.26. The van der Waals surface area contributed by atoms with Crippen molar-refractivity contribution in [1.29, 1.82) is 0 Å². The molecule has 0 saturated carbocycles. The van der Waals surface area contributed by atoms with E-state index in [2.05, 4.69) is 49.0 Å². The Hall–Kier alpha value is -0.360. The molecule has 0 spiro atoms. The predicted molar refractivity (Wildman–Crippen MR) is 83.7 cm³/mol. The van der Waals surface area contributed by atoms with Gasteiger partial charge in [-0.2, -0.15) is 0 Å². The molecule has 20 heavy (non-hydrogen) atoms. The molecule has 0 aromatic carbocycles. The fourth-order valence-electron chi connectivity index (χ4n) is 2.24. The van der Waals surface area contributed by atoms with Crippen LogP contribution >= 0.6 is 0 Å². The fraction of sp³-hybridized carbons (Fsp3) is 0.688. The molecule has 1 aromatic rings. The number of anilines is 1. The molecule has 0 bridgehead atoms. The third-order valence-corrected chi connectivity index (χ3v) is 3.71. The minimum Gasteiger partial charge on any atom is -1.00 e. The molecule has 1 rings (SSSR count). The first-order chi connectivity index (χ1) is 9.17. The van der Waals surface area contributed by atoms with E-state index in [1.807, 2.05) is 12.3 Å². The summed E-state index contributed by atoms with van der Waals surface area (Å²) in [7, 11) is 0. The molecule has 1 aromatic heterocycles. The van der Waals surface area contributed by atoms with Crippen LogP contribution in [0, 0.1) is 6.92 Å². The first-order valence-electron chi connectivity index (χ1n) is 7.58. The summed E-state index contributed by atoms with van der Waals surface area (Å²) in [6, 6.07) is 4.82. The van der Waals surface area contributed by atoms with Crippen LogP contribution in [0.5, 0.6) is 0 Å². The minimum atomic E-state index is 0. The molecular weight excluding hydrogens is 361 g/mol. The van der Waals surface area contributed by atoms with Crippen molar-refractivity contribution in [1.82, 2.24) is 9.88 Å². The molecule has 1 heterocycles. The molecule has 0 aliphatic heterocycles. The van der Waals surface area contributed by atoms with E-state index in [9.17, 15) is 0 Å². The van der Waals surface area contributed by atoms with E-state index in [1.54, 1.807) is 0 Å². The summed E-state index contributed by atoms with van der Waals surface area (Å²) in [5.41, 5.74) is 1.26. The van der Waals surface area contributed by atoms with E-state index >= 15 is 0 Å². The summed E-state index contributed by atoms with van der Waals surface area (Å²) >= 11 is 0. The maximum absolute atomic E-state index is 4.31. The Labute approximate surface area is 141 Å². The SMILES string of the molecule is CCC(C)N(CC)CCCCNc1cc(C)ccn1.[I-]. The third kappa shape index (κ3) is 7.43. The maximum atomic E-state index is 4.31. The van der Waals surface area contributed by atoms with Crippen molar-refractivity contribution in [3.63, 3.8) is 0 Å². The van der Waals surface area contributed by atoms with Crippen LogP contribution in [0.2, 0.25) is 0 Å². The van der Waals surface area contributed by atoms with Gasteiger partial charge < -0.3 is 34.2 Å². The van der Waals surface area contributed by atoms with Crippen molar-refractivity contribution >= 4 is 5.82 Å². The van der Waals surface area contributed by atoms with E-state index in [-0.39, 0.29) is 24.0 Å². The lowest BCUT2D eigenvalue weighted by Crippen LogP contribution is -3.00. The molecule has 0 aliphatic rings. The van der Waals surface area contributed by atoms with Gasteiger partial charge in [-0.15, -0.1) is 0 Å². The van der Waals surface area contributed by atoms with Crippen LogP contribution in [0.1, 0.15) is 45.6 Å². The van der Waals surface area contributed by atoms with Crippen LogP contribution in [-0.4, -0.2) is 35.6 Å². The highest BCUT2D eigenvalue weighted by atomic mass is 127. The highest BCUT2D eigenvalue weighted by Crippen LogP contribution is 2.07. The van der Waals surface area contributed by atoms with E-state index in [1.165, 1.54) is 31.4 Å². The van der Waals surface area contributed by atoms with Crippen LogP contribution in [-0.2, 0) is 0 Å². The summed E-state index contributed by atoms with van der Waals surface area (Å²) in [5.74, 6) is 0.995. The van der Waals surface area contributed by atoms with Crippen LogP contribution in [0.25, 0.3) is 0 Å². The highest BCUT2D eigenvalue weighted by molar-refractivity contribution is 5.36. The quantitative estimate of drug-likeness (QED) is 0.497. The normalized spacial score (nSPS) is 12.1. The van der Waals surface area contributed by atoms with E-state index in [0.29, 0.717) is 6.04 Å². The summed E-state index contributed by atoms with van der Waals surface area (Å²) in [4.78, 5) is 6.87. The van der Waals surface area contributed by atoms with E-state index in [0.717, 1.165) is 18.9 Å². The summed E-state index contributed by atoms with van der Waals surface area (Å²) in [6.45, 7) is 12.3. The van der Waals surface area contributed by atoms with Gasteiger partial charge in [0.15, 0.2) is 0 Å². The van der Waals surface area contributed by atoms with Crippen molar-refractivity contribution in [3.8, 4) is 0 Å². The van der Waals surface area contributed by atoms with Gasteiger partial charge in [-0.3, -0.25) is 0 Å². The molecule has 1 unspecified atom stereocenters. The second kappa shape index (κ2) is 11.3. The molecule has 4 heteroatoms. The number of nitrogens with one attached hydrogen (secondary N) is 1. The Kier molecular flexibility index (Phi) is 11.1. The number of aromatic nitrogens is 1. The molecule has 0 radical (unpaired) electrons. The lowest BCUT2D eigenvalue weighted by molar-refractivity contribution is -0.00000444. The Balaban J connectivity index is 0.00000361. The number of aryl methyl sites for hydroxylation is 1. The number of hydrogen-bond acceptors (Lipinski definition) is 3. The number of rotatable bonds is 9. The lowest BCUT2D eigenvalue weighted by atomic mass is 10.2. The standard InChI is InChI=1S/C16H29N3.HI/c1-5-15(4)19(6-2)12-8-7-10-17-16-13-14(3)9-11-18-16;/h9,11,13,15H,5-8,10,12H2,1-4H3,(H,17,18);1H/p-1. The number of pyridine rings is 1. The van der Waals surface area contributed by atoms with Gasteiger partial charge >= 0.3 is 0 Å². The smallest absolute Gasteiger partial charge is 0.126 e. The highest BCUT2D eigenvalue weighted by Gasteiger charge is 2.08. The van der Waals surface area contributed by atoms with Crippen LogP contribution < -0.4 is 29.3 Å². The van der Waals surface area contributed by atoms with Gasteiger partial charge in [-0.05, 0) is 63.9 Å². The molecule has 3 nitrogen and oxygen atoms in total. The number of halogens is 1. The third-order valence-electron chi connectivity index (χ3n) is 3.71. The van der Waals surface area contributed by atoms with Crippen LogP contribution in [0.15, 0.2) is 18.3 Å². The van der Waals surface area contributed by atoms with Gasteiger partial charge in [0.05, 0.1) is 0 Å². The topological polar surface area (TPSA) is 28.2 Å². The van der Waals surface area contributed by atoms with Crippen molar-refractivity contribution in [2.24, 2.45) is 0 Å². The van der Waals surface area contributed by atoms with Gasteiger partial charge in [0, 0.05) is 18.8 Å². The Bertz CT molecular complexity index is 357. The van der Waals surface area contributed by atoms with Crippen molar-refractivity contribution < 1.29 is 24.0 Å². The number of nitrogens with zero attached hydrogens (tertiary/aromatic N) is 2. The summed E-state index contributed by atoms with van der Waals surface area (Å²) in [6.07, 6.45) is 5.54. The Morgan fingerprint density at radius 2 is 2.05 bits per heavy atom. The average Bonchev–Trinajstić information content (AvgIpc) is 2.42. The minimum absolute atomic E-state index is 0. The molecule has 116 valence electrons. The zero-order valence-corrected chi connectivity index (χ0v) is 15.5. The van der Waals surface area contributed by atoms with Gasteiger partial charge in [0.2, 0.25) is 0 Å².